The molecule has 2 heterocycles. The Morgan fingerprint density at radius 1 is 1.18 bits per heavy atom. The van der Waals surface area contributed by atoms with E-state index in [0.717, 1.165) is 11.1 Å². The first-order valence-corrected chi connectivity index (χ1v) is 5.56. The number of hydrogen-bond acceptors (Lipinski definition) is 3. The van der Waals surface area contributed by atoms with Crippen LogP contribution in [0.25, 0.3) is 0 Å². The molecule has 0 saturated carbocycles. The van der Waals surface area contributed by atoms with E-state index < -0.39 is 0 Å². The monoisotopic (exact) mass is 243 g/mol. The number of halogens is 1. The predicted octanol–water partition coefficient (Wildman–Crippen LogP) is 2.28. The molecule has 17 heavy (non-hydrogen) atoms. The highest BCUT2D eigenvalue weighted by Crippen LogP contribution is 2.18. The Balaban J connectivity index is 2.28. The highest BCUT2D eigenvalue weighted by molar-refractivity contribution is 6.31. The maximum atomic E-state index is 5.91. The first-order chi connectivity index (χ1) is 8.04. The summed E-state index contributed by atoms with van der Waals surface area (Å²) in [5.41, 5.74) is 2.49. The van der Waals surface area contributed by atoms with Gasteiger partial charge in [0.1, 0.15) is 19.5 Å². The van der Waals surface area contributed by atoms with E-state index in [0.29, 0.717) is 22.3 Å². The molecule has 1 N–H and O–H groups in total. The van der Waals surface area contributed by atoms with Crippen molar-refractivity contribution in [1.29, 1.82) is 0 Å². The highest BCUT2D eigenvalue weighted by Gasteiger charge is 2.01. The van der Waals surface area contributed by atoms with Crippen LogP contribution in [-0.4, -0.2) is 17.8 Å². The molecule has 0 aliphatic heterocycles. The zero-order valence-corrected chi connectivity index (χ0v) is 10.4. The average Bonchev–Trinajstić information content (AvgIpc) is 2.22. The average molecular weight is 244 g/mol. The fourth-order valence-electron chi connectivity index (χ4n) is 1.50. The van der Waals surface area contributed by atoms with Gasteiger partial charge >= 0.3 is 0 Å². The van der Waals surface area contributed by atoms with Gasteiger partial charge in [-0.2, -0.15) is 0 Å². The molecule has 0 saturated heterocycles. The molecule has 0 aliphatic rings. The second kappa shape index (κ2) is 4.76. The van der Waals surface area contributed by atoms with Crippen LogP contribution in [0.5, 0.6) is 0 Å². The molecular weight excluding hydrogens is 232 g/mol. The van der Waals surface area contributed by atoms with Gasteiger partial charge in [0.05, 0.1) is 5.02 Å². The Morgan fingerprint density at radius 3 is 2.59 bits per heavy atom. The summed E-state index contributed by atoms with van der Waals surface area (Å²) in [6, 6.07) is 5.58. The first kappa shape index (κ1) is 11.9. The summed E-state index contributed by atoms with van der Waals surface area (Å²) in [5.74, 6) is 1.38. The van der Waals surface area contributed by atoms with Gasteiger partial charge in [0.2, 0.25) is 0 Å². The van der Waals surface area contributed by atoms with Gasteiger partial charge in [-0.3, -0.25) is 0 Å². The summed E-state index contributed by atoms with van der Waals surface area (Å²) in [6.07, 6.45) is 1.61. The van der Waals surface area contributed by atoms with Crippen molar-refractivity contribution in [2.24, 2.45) is 0 Å². The third-order valence-corrected chi connectivity index (χ3v) is 2.69. The Labute approximate surface area is 107 Å². The number of anilines is 2. The predicted molar refractivity (Wildman–Crippen MR) is 71.6 cm³/mol. The van der Waals surface area contributed by atoms with Gasteiger partial charge in [0.15, 0.2) is 0 Å². The molecule has 0 aromatic carbocycles. The van der Waals surface area contributed by atoms with Gasteiger partial charge in [-0.05, 0) is 48.8 Å². The maximum absolute atomic E-state index is 5.91. The Hall–Kier alpha value is -1.55. The number of aryl methyl sites for hydroxylation is 2. The van der Waals surface area contributed by atoms with Crippen LogP contribution in [-0.2, 0) is 0 Å². The van der Waals surface area contributed by atoms with Crippen molar-refractivity contribution in [2.75, 3.05) is 5.32 Å². The zero-order valence-electron chi connectivity index (χ0n) is 9.66. The number of nitrogens with one attached hydrogen (secondary N) is 1. The minimum absolute atomic E-state index is 0.484. The van der Waals surface area contributed by atoms with Crippen molar-refractivity contribution in [2.45, 2.75) is 13.8 Å². The van der Waals surface area contributed by atoms with Crippen LogP contribution in [0.4, 0.5) is 11.6 Å². The van der Waals surface area contributed by atoms with Crippen LogP contribution in [0.3, 0.4) is 0 Å². The molecule has 0 atom stereocenters. The zero-order chi connectivity index (χ0) is 12.4. The number of nitrogens with zero attached hydrogens (tertiary/aromatic N) is 2. The summed E-state index contributed by atoms with van der Waals surface area (Å²) >= 11 is 5.91. The molecule has 0 spiro atoms. The lowest BCUT2D eigenvalue weighted by atomic mass is 10.0. The van der Waals surface area contributed by atoms with E-state index in [1.807, 2.05) is 32.0 Å². The summed E-state index contributed by atoms with van der Waals surface area (Å²) in [5, 5.41) is 3.74. The molecule has 84 valence electrons. The largest absolute Gasteiger partial charge is 0.325 e. The molecule has 0 bridgehead atoms. The van der Waals surface area contributed by atoms with E-state index in [9.17, 15) is 0 Å². The van der Waals surface area contributed by atoms with Crippen LogP contribution < -0.4 is 10.9 Å². The topological polar surface area (TPSA) is 37.8 Å². The quantitative estimate of drug-likeness (QED) is 0.823. The van der Waals surface area contributed by atoms with Crippen molar-refractivity contribution < 1.29 is 0 Å². The van der Waals surface area contributed by atoms with E-state index >= 15 is 0 Å². The molecule has 2 rings (SSSR count). The summed E-state index contributed by atoms with van der Waals surface area (Å²) in [4.78, 5) is 8.34. The van der Waals surface area contributed by atoms with Crippen LogP contribution in [0, 0.1) is 13.8 Å². The molecular formula is C12H11BClN3. The Bertz CT molecular complexity index is 537. The van der Waals surface area contributed by atoms with Gasteiger partial charge < -0.3 is 5.32 Å². The van der Waals surface area contributed by atoms with Gasteiger partial charge in [-0.15, -0.1) is 0 Å². The van der Waals surface area contributed by atoms with Crippen LogP contribution in [0.2, 0.25) is 5.02 Å². The van der Waals surface area contributed by atoms with E-state index in [4.69, 9.17) is 19.4 Å². The van der Waals surface area contributed by atoms with Crippen LogP contribution in [0.1, 0.15) is 11.1 Å². The molecule has 0 amide bonds. The van der Waals surface area contributed by atoms with E-state index in [-0.39, 0.29) is 0 Å². The molecule has 2 aromatic heterocycles. The molecule has 0 aliphatic carbocycles. The smallest absolute Gasteiger partial charge is 0.141 e. The SMILES string of the molecule is [B]c1cc(C)cc(Nc2cc(C)c(Cl)cn2)n1. The third-order valence-electron chi connectivity index (χ3n) is 2.29. The minimum Gasteiger partial charge on any atom is -0.325 e. The maximum Gasteiger partial charge on any atom is 0.141 e. The minimum atomic E-state index is 0.484. The summed E-state index contributed by atoms with van der Waals surface area (Å²) in [7, 11) is 5.67. The van der Waals surface area contributed by atoms with Crippen molar-refractivity contribution >= 4 is 36.7 Å². The molecule has 2 aromatic rings. The van der Waals surface area contributed by atoms with Gasteiger partial charge in [0.25, 0.3) is 0 Å². The lowest BCUT2D eigenvalue weighted by Crippen LogP contribution is -2.11. The lowest BCUT2D eigenvalue weighted by molar-refractivity contribution is 1.24. The van der Waals surface area contributed by atoms with Gasteiger partial charge in [0, 0.05) is 6.20 Å². The van der Waals surface area contributed by atoms with Crippen LogP contribution >= 0.6 is 11.6 Å². The number of rotatable bonds is 2. The second-order valence-corrected chi connectivity index (χ2v) is 4.31. The number of hydrogen-bond donors (Lipinski definition) is 1. The standard InChI is InChI=1S/C12H11BClN3/c1-7-3-10(13)16-12(4-7)17-11-5-8(2)9(14)6-15-11/h3-6H,1-2H3,(H,15,16,17). The fraction of sp³-hybridized carbons (Fsp3) is 0.167. The third kappa shape index (κ3) is 2.97. The summed E-state index contributed by atoms with van der Waals surface area (Å²) < 4.78 is 0. The molecule has 0 unspecified atom stereocenters. The lowest BCUT2D eigenvalue weighted by Gasteiger charge is -2.08. The van der Waals surface area contributed by atoms with Gasteiger partial charge in [-0.1, -0.05) is 11.6 Å². The molecule has 2 radical (unpaired) electrons. The molecule has 0 fully saturated rings. The van der Waals surface area contributed by atoms with E-state index in [2.05, 4.69) is 15.3 Å². The van der Waals surface area contributed by atoms with E-state index in [1.165, 1.54) is 0 Å². The second-order valence-electron chi connectivity index (χ2n) is 3.90. The van der Waals surface area contributed by atoms with Crippen molar-refractivity contribution in [1.82, 2.24) is 9.97 Å². The van der Waals surface area contributed by atoms with E-state index in [1.54, 1.807) is 6.20 Å². The summed E-state index contributed by atoms with van der Waals surface area (Å²) in [6.45, 7) is 3.89. The first-order valence-electron chi connectivity index (χ1n) is 5.18. The normalized spacial score (nSPS) is 10.3. The Morgan fingerprint density at radius 2 is 1.94 bits per heavy atom. The highest BCUT2D eigenvalue weighted by atomic mass is 35.5. The van der Waals surface area contributed by atoms with Crippen molar-refractivity contribution in [3.63, 3.8) is 0 Å². The fourth-order valence-corrected chi connectivity index (χ4v) is 1.60. The van der Waals surface area contributed by atoms with Crippen molar-refractivity contribution in [3.8, 4) is 0 Å². The molecule has 3 nitrogen and oxygen atoms in total. The number of aromatic nitrogens is 2. The van der Waals surface area contributed by atoms with Crippen LogP contribution in [0.15, 0.2) is 24.4 Å². The Kier molecular flexibility index (Phi) is 3.34. The number of pyridine rings is 2. The van der Waals surface area contributed by atoms with Gasteiger partial charge in [-0.25, -0.2) is 9.97 Å². The molecule has 5 heteroatoms. The van der Waals surface area contributed by atoms with Crippen molar-refractivity contribution in [3.05, 3.63) is 40.5 Å².